The van der Waals surface area contributed by atoms with Crippen molar-refractivity contribution in [3.8, 4) is 11.3 Å². The zero-order valence-electron chi connectivity index (χ0n) is 21.5. The van der Waals surface area contributed by atoms with E-state index in [4.69, 9.17) is 4.42 Å². The van der Waals surface area contributed by atoms with E-state index < -0.39 is 30.0 Å². The van der Waals surface area contributed by atoms with Gasteiger partial charge in [0.1, 0.15) is 23.0 Å². The van der Waals surface area contributed by atoms with Gasteiger partial charge in [0, 0.05) is 47.8 Å². The fourth-order valence-electron chi connectivity index (χ4n) is 4.88. The molecule has 0 aliphatic heterocycles. The Kier molecular flexibility index (Phi) is 8.15. The molecule has 1 unspecified atom stereocenters. The van der Waals surface area contributed by atoms with Gasteiger partial charge in [-0.1, -0.05) is 12.1 Å². The molecule has 3 aromatic carbocycles. The topological polar surface area (TPSA) is 126 Å². The highest BCUT2D eigenvalue weighted by atomic mass is 32.2. The highest BCUT2D eigenvalue weighted by Gasteiger charge is 2.29. The predicted molar refractivity (Wildman–Crippen MR) is 146 cm³/mol. The van der Waals surface area contributed by atoms with Crippen molar-refractivity contribution in [2.45, 2.75) is 31.7 Å². The average Bonchev–Trinajstić information content (AvgIpc) is 3.70. The van der Waals surface area contributed by atoms with Crippen LogP contribution in [0.5, 0.6) is 0 Å². The van der Waals surface area contributed by atoms with Crippen molar-refractivity contribution < 1.29 is 36.8 Å². The van der Waals surface area contributed by atoms with Crippen LogP contribution in [-0.4, -0.2) is 49.7 Å². The van der Waals surface area contributed by atoms with Gasteiger partial charge in [-0.15, -0.1) is 0 Å². The van der Waals surface area contributed by atoms with Gasteiger partial charge in [0.15, 0.2) is 0 Å². The van der Waals surface area contributed by atoms with Crippen molar-refractivity contribution in [1.82, 2.24) is 9.62 Å². The molecule has 1 aliphatic carbocycles. The lowest BCUT2D eigenvalue weighted by Gasteiger charge is -2.25. The normalized spacial score (nSPS) is 14.1. The Balaban J connectivity index is 1.47. The Morgan fingerprint density at radius 2 is 1.88 bits per heavy atom. The van der Waals surface area contributed by atoms with Gasteiger partial charge in [-0.2, -0.15) is 0 Å². The molecule has 1 saturated carbocycles. The minimum atomic E-state index is -2.61. The van der Waals surface area contributed by atoms with Crippen LogP contribution in [0.25, 0.3) is 22.3 Å². The van der Waals surface area contributed by atoms with Gasteiger partial charge >= 0.3 is 7.12 Å². The average molecular weight is 567 g/mol. The molecule has 0 bridgehead atoms. The maximum Gasteiger partial charge on any atom is 0.491 e. The molecule has 40 heavy (non-hydrogen) atoms. The molecule has 1 aromatic heterocycles. The Labute approximate surface area is 232 Å². The molecule has 1 atom stereocenters. The number of benzene rings is 3. The zero-order valence-corrected chi connectivity index (χ0v) is 22.3. The predicted octanol–water partition coefficient (Wildman–Crippen LogP) is 3.13. The maximum absolute atomic E-state index is 14.2. The van der Waals surface area contributed by atoms with Gasteiger partial charge in [-0.05, 0) is 84.3 Å². The Morgan fingerprint density at radius 1 is 1.15 bits per heavy atom. The summed E-state index contributed by atoms with van der Waals surface area (Å²) in [5.41, 5.74) is 3.28. The number of nitrogens with one attached hydrogen (secondary N) is 1. The minimum absolute atomic E-state index is 0.0984. The van der Waals surface area contributed by atoms with E-state index in [1.54, 1.807) is 12.1 Å². The second-order valence-electron chi connectivity index (χ2n) is 9.77. The molecule has 1 aliphatic rings. The summed E-state index contributed by atoms with van der Waals surface area (Å²) in [6, 6.07) is 13.2. The minimum Gasteiger partial charge on any atom is -0.760 e. The second-order valence-corrected chi connectivity index (χ2v) is 10.7. The third-order valence-electron chi connectivity index (χ3n) is 7.07. The molecule has 5 rings (SSSR count). The van der Waals surface area contributed by atoms with Crippen LogP contribution in [0.2, 0.25) is 0 Å². The van der Waals surface area contributed by atoms with Gasteiger partial charge < -0.3 is 24.3 Å². The molecular weight excluding hydrogens is 541 g/mol. The molecule has 0 spiro atoms. The monoisotopic (exact) mass is 567 g/mol. The van der Waals surface area contributed by atoms with E-state index in [2.05, 4.69) is 5.32 Å². The number of amides is 1. The highest BCUT2D eigenvalue weighted by Crippen LogP contribution is 2.45. The van der Waals surface area contributed by atoms with Crippen LogP contribution in [0, 0.1) is 11.6 Å². The van der Waals surface area contributed by atoms with Crippen LogP contribution >= 0.6 is 0 Å². The standard InChI is InChI=1S/C28H27BF2N2O6S/c1-32-28(34)26-22-14-21(17-3-4-17)19(13-25(22)39-27(26)18-5-7-20(30)8-6-18)10-11-33(40(37)38)15-16-2-9-23(29(35)36)24(31)12-16/h2,5-9,12-14,17,35-36H,3-4,10-11,15H2,1H3,(H,32,34)(H,37,38)/p-1. The van der Waals surface area contributed by atoms with Gasteiger partial charge in [0.2, 0.25) is 0 Å². The number of hydrogen-bond donors (Lipinski definition) is 3. The molecule has 208 valence electrons. The molecule has 8 nitrogen and oxygen atoms in total. The summed E-state index contributed by atoms with van der Waals surface area (Å²) in [7, 11) is -0.446. The maximum atomic E-state index is 14.2. The molecule has 4 aromatic rings. The number of rotatable bonds is 10. The van der Waals surface area contributed by atoms with Gasteiger partial charge in [0.25, 0.3) is 5.91 Å². The van der Waals surface area contributed by atoms with E-state index in [1.165, 1.54) is 31.3 Å². The van der Waals surface area contributed by atoms with Gasteiger partial charge in [0.05, 0.1) is 5.56 Å². The first-order valence-electron chi connectivity index (χ1n) is 12.7. The molecule has 12 heteroatoms. The summed E-state index contributed by atoms with van der Waals surface area (Å²) in [5.74, 6) is -1.00. The number of carbonyl (C=O) groups excluding carboxylic acids is 1. The Hall–Kier alpha value is -3.42. The van der Waals surface area contributed by atoms with Crippen molar-refractivity contribution in [3.63, 3.8) is 0 Å². The van der Waals surface area contributed by atoms with Crippen LogP contribution in [0.1, 0.15) is 45.8 Å². The second kappa shape index (κ2) is 11.6. The summed E-state index contributed by atoms with van der Waals surface area (Å²) in [6.45, 7) is -0.00666. The van der Waals surface area contributed by atoms with Gasteiger partial charge in [-0.25, -0.2) is 13.1 Å². The van der Waals surface area contributed by atoms with Crippen molar-refractivity contribution in [3.05, 3.63) is 88.5 Å². The molecule has 1 heterocycles. The molecule has 0 radical (unpaired) electrons. The van der Waals surface area contributed by atoms with Crippen LogP contribution < -0.4 is 10.8 Å². The molecule has 1 fully saturated rings. The first kappa shape index (κ1) is 28.1. The summed E-state index contributed by atoms with van der Waals surface area (Å²) in [4.78, 5) is 12.9. The summed E-state index contributed by atoms with van der Waals surface area (Å²) >= 11 is -2.61. The van der Waals surface area contributed by atoms with Gasteiger partial charge in [-0.3, -0.25) is 9.00 Å². The van der Waals surface area contributed by atoms with Crippen LogP contribution in [0.15, 0.2) is 59.0 Å². The summed E-state index contributed by atoms with van der Waals surface area (Å²) in [6.07, 6.45) is 2.28. The highest BCUT2D eigenvalue weighted by molar-refractivity contribution is 7.76. The zero-order chi connectivity index (χ0) is 28.6. The van der Waals surface area contributed by atoms with Crippen molar-refractivity contribution in [2.24, 2.45) is 0 Å². The number of furan rings is 1. The lowest BCUT2D eigenvalue weighted by atomic mass is 9.79. The van der Waals surface area contributed by atoms with Crippen LogP contribution in [0.4, 0.5) is 8.78 Å². The first-order chi connectivity index (χ1) is 19.2. The van der Waals surface area contributed by atoms with Crippen molar-refractivity contribution in [1.29, 1.82) is 0 Å². The quantitative estimate of drug-likeness (QED) is 0.200. The number of hydrogen-bond acceptors (Lipinski definition) is 6. The summed E-state index contributed by atoms with van der Waals surface area (Å²) < 4.78 is 59.1. The van der Waals surface area contributed by atoms with E-state index in [0.29, 0.717) is 39.8 Å². The van der Waals surface area contributed by atoms with E-state index >= 15 is 0 Å². The fourth-order valence-corrected chi connectivity index (χ4v) is 5.38. The Morgan fingerprint density at radius 3 is 2.48 bits per heavy atom. The third-order valence-corrected chi connectivity index (χ3v) is 7.80. The molecule has 0 saturated heterocycles. The third kappa shape index (κ3) is 5.86. The van der Waals surface area contributed by atoms with Crippen LogP contribution in [-0.2, 0) is 24.2 Å². The largest absolute Gasteiger partial charge is 0.760 e. The van der Waals surface area contributed by atoms with Crippen molar-refractivity contribution >= 4 is 40.7 Å². The number of halogens is 2. The van der Waals surface area contributed by atoms with E-state index in [1.807, 2.05) is 12.1 Å². The Bertz CT molecular complexity index is 1590. The van der Waals surface area contributed by atoms with Crippen LogP contribution in [0.3, 0.4) is 0 Å². The number of carbonyl (C=O) groups is 1. The SMILES string of the molecule is CNC(=O)c1c(-c2ccc(F)cc2)oc2cc(CCN(Cc3ccc(B(O)O)c(F)c3)S(=O)[O-])c(C3CC3)cc12. The summed E-state index contributed by atoms with van der Waals surface area (Å²) in [5, 5.41) is 21.7. The number of nitrogens with zero attached hydrogens (tertiary/aromatic N) is 1. The number of fused-ring (bicyclic) bond motifs is 1. The van der Waals surface area contributed by atoms with Crippen molar-refractivity contribution in [2.75, 3.05) is 13.6 Å². The van der Waals surface area contributed by atoms with E-state index in [0.717, 1.165) is 34.3 Å². The van der Waals surface area contributed by atoms with E-state index in [-0.39, 0.29) is 30.4 Å². The van der Waals surface area contributed by atoms with E-state index in [9.17, 15) is 32.4 Å². The first-order valence-corrected chi connectivity index (χ1v) is 13.8. The molecule has 1 amide bonds. The fraction of sp³-hybridized carbons (Fsp3) is 0.250. The smallest absolute Gasteiger partial charge is 0.491 e. The lowest BCUT2D eigenvalue weighted by molar-refractivity contribution is 0.0964. The molecule has 3 N–H and O–H groups in total. The molecular formula is C28H26BF2N2O6S-. The lowest BCUT2D eigenvalue weighted by Crippen LogP contribution is -2.33.